The van der Waals surface area contributed by atoms with Gasteiger partial charge in [-0.05, 0) is 40.1 Å². The van der Waals surface area contributed by atoms with Gasteiger partial charge in [0.05, 0.1) is 6.04 Å². The Labute approximate surface area is 113 Å². The zero-order valence-corrected chi connectivity index (χ0v) is 11.8. The summed E-state index contributed by atoms with van der Waals surface area (Å²) in [5.41, 5.74) is 9.31. The van der Waals surface area contributed by atoms with Gasteiger partial charge in [0.1, 0.15) is 0 Å². The number of likely N-dealkylation sites (N-methyl/N-ethyl adjacent to an activating group) is 1. The minimum absolute atomic E-state index is 0.238. The summed E-state index contributed by atoms with van der Waals surface area (Å²) < 4.78 is 5.30. The summed E-state index contributed by atoms with van der Waals surface area (Å²) in [4.78, 5) is 6.38. The van der Waals surface area contributed by atoms with E-state index in [0.29, 0.717) is 18.3 Å². The van der Waals surface area contributed by atoms with Crippen LogP contribution in [0.15, 0.2) is 22.7 Å². The molecule has 102 valence electrons. The van der Waals surface area contributed by atoms with Crippen molar-refractivity contribution in [2.24, 2.45) is 5.73 Å². The lowest BCUT2D eigenvalue weighted by molar-refractivity contribution is 0.357. The first-order valence-electron chi connectivity index (χ1n) is 6.28. The molecule has 0 aliphatic heterocycles. The maximum Gasteiger partial charge on any atom is 0.257 e. The second-order valence-corrected chi connectivity index (χ2v) is 5.20. The van der Waals surface area contributed by atoms with Crippen LogP contribution in [0.5, 0.6) is 0 Å². The molecule has 5 nitrogen and oxygen atoms in total. The molecule has 2 rings (SSSR count). The van der Waals surface area contributed by atoms with E-state index in [9.17, 15) is 0 Å². The normalized spacial score (nSPS) is 12.9. The average Bonchev–Trinajstić information content (AvgIpc) is 2.75. The Bertz CT molecular complexity index is 542. The second kappa shape index (κ2) is 5.50. The first-order chi connectivity index (χ1) is 8.95. The fourth-order valence-electron chi connectivity index (χ4n) is 2.08. The van der Waals surface area contributed by atoms with E-state index in [0.717, 1.165) is 5.56 Å². The largest absolute Gasteiger partial charge is 0.334 e. The Morgan fingerprint density at radius 1 is 1.21 bits per heavy atom. The second-order valence-electron chi connectivity index (χ2n) is 5.20. The van der Waals surface area contributed by atoms with Crippen molar-refractivity contribution in [1.82, 2.24) is 15.0 Å². The van der Waals surface area contributed by atoms with E-state index in [4.69, 9.17) is 10.3 Å². The molecule has 0 bridgehead atoms. The van der Waals surface area contributed by atoms with E-state index in [2.05, 4.69) is 16.2 Å². The molecule has 19 heavy (non-hydrogen) atoms. The van der Waals surface area contributed by atoms with Crippen LogP contribution in [0.4, 0.5) is 0 Å². The molecule has 0 aliphatic carbocycles. The monoisotopic (exact) mass is 260 g/mol. The van der Waals surface area contributed by atoms with Crippen molar-refractivity contribution in [3.8, 4) is 11.5 Å². The van der Waals surface area contributed by atoms with Gasteiger partial charge in [-0.25, -0.2) is 0 Å². The van der Waals surface area contributed by atoms with Crippen LogP contribution in [0.2, 0.25) is 0 Å². The maximum atomic E-state index is 6.02. The van der Waals surface area contributed by atoms with Crippen LogP contribution in [-0.4, -0.2) is 35.7 Å². The van der Waals surface area contributed by atoms with Gasteiger partial charge in [-0.2, -0.15) is 4.98 Å². The first kappa shape index (κ1) is 13.7. The van der Waals surface area contributed by atoms with Crippen LogP contribution in [0.3, 0.4) is 0 Å². The predicted octanol–water partition coefficient (Wildman–Crippen LogP) is 1.91. The van der Waals surface area contributed by atoms with Crippen molar-refractivity contribution < 1.29 is 4.52 Å². The standard InChI is InChI=1S/C14H20N4O/c1-9-5-10(2)7-11(6-9)14-16-13(17-19-14)12(15)8-18(3)4/h5-7,12H,8,15H2,1-4H3. The van der Waals surface area contributed by atoms with Crippen molar-refractivity contribution in [2.45, 2.75) is 19.9 Å². The van der Waals surface area contributed by atoms with Gasteiger partial charge in [-0.3, -0.25) is 0 Å². The van der Waals surface area contributed by atoms with Gasteiger partial charge in [0, 0.05) is 12.1 Å². The summed E-state index contributed by atoms with van der Waals surface area (Å²) in [6.45, 7) is 4.78. The SMILES string of the molecule is Cc1cc(C)cc(-c2nc(C(N)CN(C)C)no2)c1. The molecule has 1 atom stereocenters. The smallest absolute Gasteiger partial charge is 0.257 e. The molecule has 0 amide bonds. The molecular weight excluding hydrogens is 240 g/mol. The molecule has 1 heterocycles. The topological polar surface area (TPSA) is 68.2 Å². The Balaban J connectivity index is 2.25. The molecule has 1 unspecified atom stereocenters. The van der Waals surface area contributed by atoms with Gasteiger partial charge in [-0.1, -0.05) is 22.3 Å². The summed E-state index contributed by atoms with van der Waals surface area (Å²) in [6, 6.07) is 5.93. The highest BCUT2D eigenvalue weighted by Gasteiger charge is 2.16. The summed E-state index contributed by atoms with van der Waals surface area (Å²) in [6.07, 6.45) is 0. The molecule has 0 saturated heterocycles. The quantitative estimate of drug-likeness (QED) is 0.909. The summed E-state index contributed by atoms with van der Waals surface area (Å²) in [5, 5.41) is 3.97. The Hall–Kier alpha value is -1.72. The summed E-state index contributed by atoms with van der Waals surface area (Å²) in [7, 11) is 3.93. The van der Waals surface area contributed by atoms with Crippen molar-refractivity contribution >= 4 is 0 Å². The number of aromatic nitrogens is 2. The number of benzene rings is 1. The maximum absolute atomic E-state index is 6.02. The Morgan fingerprint density at radius 2 is 1.84 bits per heavy atom. The zero-order valence-electron chi connectivity index (χ0n) is 11.8. The number of rotatable bonds is 4. The number of aryl methyl sites for hydroxylation is 2. The summed E-state index contributed by atoms with van der Waals surface area (Å²) in [5.74, 6) is 1.07. The van der Waals surface area contributed by atoms with E-state index in [1.807, 2.05) is 45.0 Å². The van der Waals surface area contributed by atoms with E-state index in [-0.39, 0.29) is 6.04 Å². The molecule has 0 saturated carbocycles. The van der Waals surface area contributed by atoms with Gasteiger partial charge in [0.25, 0.3) is 5.89 Å². The first-order valence-corrected chi connectivity index (χ1v) is 6.28. The molecule has 0 spiro atoms. The van der Waals surface area contributed by atoms with Gasteiger partial charge < -0.3 is 15.2 Å². The third-order valence-electron chi connectivity index (χ3n) is 2.80. The summed E-state index contributed by atoms with van der Waals surface area (Å²) >= 11 is 0. The Kier molecular flexibility index (Phi) is 3.97. The van der Waals surface area contributed by atoms with Crippen LogP contribution < -0.4 is 5.73 Å². The average molecular weight is 260 g/mol. The van der Waals surface area contributed by atoms with Gasteiger partial charge in [0.2, 0.25) is 0 Å². The molecule has 1 aromatic heterocycles. The fourth-order valence-corrected chi connectivity index (χ4v) is 2.08. The number of nitrogens with zero attached hydrogens (tertiary/aromatic N) is 3. The van der Waals surface area contributed by atoms with Crippen molar-refractivity contribution in [3.63, 3.8) is 0 Å². The minimum atomic E-state index is -0.238. The van der Waals surface area contributed by atoms with Crippen molar-refractivity contribution in [1.29, 1.82) is 0 Å². The zero-order chi connectivity index (χ0) is 14.0. The molecule has 2 aromatic rings. The van der Waals surface area contributed by atoms with E-state index in [1.165, 1.54) is 11.1 Å². The predicted molar refractivity (Wildman–Crippen MR) is 74.7 cm³/mol. The van der Waals surface area contributed by atoms with Crippen LogP contribution in [-0.2, 0) is 0 Å². The lowest BCUT2D eigenvalue weighted by atomic mass is 10.1. The Morgan fingerprint density at radius 3 is 2.42 bits per heavy atom. The number of hydrogen-bond donors (Lipinski definition) is 1. The highest BCUT2D eigenvalue weighted by atomic mass is 16.5. The molecule has 2 N–H and O–H groups in total. The minimum Gasteiger partial charge on any atom is -0.334 e. The molecule has 0 aliphatic rings. The van der Waals surface area contributed by atoms with Crippen LogP contribution >= 0.6 is 0 Å². The molecule has 0 fully saturated rings. The van der Waals surface area contributed by atoms with E-state index >= 15 is 0 Å². The fraction of sp³-hybridized carbons (Fsp3) is 0.429. The van der Waals surface area contributed by atoms with Gasteiger partial charge in [-0.15, -0.1) is 0 Å². The van der Waals surface area contributed by atoms with Crippen LogP contribution in [0.1, 0.15) is 23.0 Å². The third kappa shape index (κ3) is 3.39. The molecule has 5 heteroatoms. The number of nitrogens with two attached hydrogens (primary N) is 1. The van der Waals surface area contributed by atoms with E-state index in [1.54, 1.807) is 0 Å². The molecule has 1 aromatic carbocycles. The highest BCUT2D eigenvalue weighted by molar-refractivity contribution is 5.55. The highest BCUT2D eigenvalue weighted by Crippen LogP contribution is 2.21. The number of hydrogen-bond acceptors (Lipinski definition) is 5. The van der Waals surface area contributed by atoms with E-state index < -0.39 is 0 Å². The van der Waals surface area contributed by atoms with Crippen molar-refractivity contribution in [3.05, 3.63) is 35.2 Å². The molecular formula is C14H20N4O. The van der Waals surface area contributed by atoms with Crippen molar-refractivity contribution in [2.75, 3.05) is 20.6 Å². The van der Waals surface area contributed by atoms with Gasteiger partial charge >= 0.3 is 0 Å². The molecule has 0 radical (unpaired) electrons. The lowest BCUT2D eigenvalue weighted by Gasteiger charge is -2.12. The lowest BCUT2D eigenvalue weighted by Crippen LogP contribution is -2.26. The van der Waals surface area contributed by atoms with Gasteiger partial charge in [0.15, 0.2) is 5.82 Å². The van der Waals surface area contributed by atoms with Crippen LogP contribution in [0.25, 0.3) is 11.5 Å². The van der Waals surface area contributed by atoms with Crippen LogP contribution in [0, 0.1) is 13.8 Å². The third-order valence-corrected chi connectivity index (χ3v) is 2.80.